The van der Waals surface area contributed by atoms with E-state index < -0.39 is 17.3 Å². The Morgan fingerprint density at radius 3 is 2.74 bits per heavy atom. The number of amides is 2. The summed E-state index contributed by atoms with van der Waals surface area (Å²) in [7, 11) is 0. The molecular weight excluding hydrogens is 439 g/mol. The van der Waals surface area contributed by atoms with Gasteiger partial charge in [0.05, 0.1) is 24.8 Å². The van der Waals surface area contributed by atoms with E-state index in [4.69, 9.17) is 11.0 Å². The smallest absolute Gasteiger partial charge is 0.274 e. The van der Waals surface area contributed by atoms with Crippen molar-refractivity contribution in [2.75, 3.05) is 5.32 Å². The third kappa shape index (κ3) is 4.33. The quantitative estimate of drug-likeness (QED) is 0.528. The zero-order valence-corrected chi connectivity index (χ0v) is 18.5. The normalized spacial score (nSPS) is 16.7. The van der Waals surface area contributed by atoms with Gasteiger partial charge in [0.25, 0.3) is 5.91 Å². The number of aromatic nitrogens is 3. The number of aliphatic imine (C=N–C) groups is 1. The van der Waals surface area contributed by atoms with E-state index in [-0.39, 0.29) is 36.1 Å². The Balaban J connectivity index is 1.63. The van der Waals surface area contributed by atoms with Crippen molar-refractivity contribution in [2.24, 2.45) is 10.7 Å². The van der Waals surface area contributed by atoms with Crippen LogP contribution in [0.1, 0.15) is 47.0 Å². The van der Waals surface area contributed by atoms with Crippen LogP contribution in [0.5, 0.6) is 0 Å². The molecule has 0 fully saturated rings. The van der Waals surface area contributed by atoms with Gasteiger partial charge in [-0.3, -0.25) is 14.6 Å². The summed E-state index contributed by atoms with van der Waals surface area (Å²) in [4.78, 5) is 36.7. The summed E-state index contributed by atoms with van der Waals surface area (Å²) >= 11 is 0. The average molecular weight is 460 g/mol. The van der Waals surface area contributed by atoms with Crippen molar-refractivity contribution in [3.05, 3.63) is 76.9 Å². The van der Waals surface area contributed by atoms with Crippen LogP contribution in [0.25, 0.3) is 0 Å². The SMILES string of the molecule is CC(=O)NCc1ncc2n1CC(C)(c1cc(NC(=O)c3ccc(C#N)cn3)ccc1F)N=C2N. The standard InChI is InChI=1S/C23H21FN8O2/c1-13(33)27-11-20-29-10-19-21(26)31-23(2,12-32(19)20)16-7-15(4-5-17(16)24)30-22(34)18-6-3-14(8-25)9-28-18/h3-7,9-10H,11-12H2,1-2H3,(H2,26,31)(H,27,33)(H,30,34). The maximum atomic E-state index is 15.0. The van der Waals surface area contributed by atoms with Crippen LogP contribution in [0, 0.1) is 17.1 Å². The molecule has 0 saturated heterocycles. The predicted octanol–water partition coefficient (Wildman–Crippen LogP) is 1.81. The van der Waals surface area contributed by atoms with Gasteiger partial charge < -0.3 is 20.9 Å². The molecule has 1 unspecified atom stereocenters. The van der Waals surface area contributed by atoms with E-state index >= 15 is 0 Å². The fourth-order valence-corrected chi connectivity index (χ4v) is 3.76. The molecule has 0 radical (unpaired) electrons. The van der Waals surface area contributed by atoms with Gasteiger partial charge in [-0.2, -0.15) is 5.26 Å². The van der Waals surface area contributed by atoms with Gasteiger partial charge in [-0.15, -0.1) is 0 Å². The van der Waals surface area contributed by atoms with E-state index in [9.17, 15) is 14.0 Å². The third-order valence-corrected chi connectivity index (χ3v) is 5.46. The number of benzene rings is 1. The van der Waals surface area contributed by atoms with Crippen molar-refractivity contribution in [1.82, 2.24) is 19.9 Å². The monoisotopic (exact) mass is 460 g/mol. The van der Waals surface area contributed by atoms with E-state index in [2.05, 4.69) is 25.6 Å². The highest BCUT2D eigenvalue weighted by Gasteiger charge is 2.36. The number of rotatable bonds is 5. The molecule has 4 rings (SSSR count). The zero-order chi connectivity index (χ0) is 24.5. The first-order valence-corrected chi connectivity index (χ1v) is 10.3. The van der Waals surface area contributed by atoms with E-state index in [1.807, 2.05) is 6.07 Å². The van der Waals surface area contributed by atoms with Gasteiger partial charge in [0.2, 0.25) is 5.91 Å². The average Bonchev–Trinajstić information content (AvgIpc) is 3.21. The predicted molar refractivity (Wildman–Crippen MR) is 121 cm³/mol. The number of nitrogens with two attached hydrogens (primary N) is 1. The molecule has 10 nitrogen and oxygen atoms in total. The molecular formula is C23H21FN8O2. The Hall–Kier alpha value is -4.59. The Kier molecular flexibility index (Phi) is 5.81. The maximum Gasteiger partial charge on any atom is 0.274 e. The molecule has 3 heterocycles. The summed E-state index contributed by atoms with van der Waals surface area (Å²) in [6, 6.07) is 9.04. The topological polar surface area (TPSA) is 151 Å². The Labute approximate surface area is 194 Å². The summed E-state index contributed by atoms with van der Waals surface area (Å²) in [5, 5.41) is 14.3. The van der Waals surface area contributed by atoms with Gasteiger partial charge >= 0.3 is 0 Å². The first-order valence-electron chi connectivity index (χ1n) is 10.3. The number of fused-ring (bicyclic) bond motifs is 1. The Morgan fingerprint density at radius 2 is 2.06 bits per heavy atom. The number of carbonyl (C=O) groups is 2. The highest BCUT2D eigenvalue weighted by atomic mass is 19.1. The molecule has 1 aliphatic rings. The summed E-state index contributed by atoms with van der Waals surface area (Å²) in [6.07, 6.45) is 2.86. The molecule has 1 atom stereocenters. The van der Waals surface area contributed by atoms with E-state index in [0.29, 0.717) is 22.8 Å². The molecule has 1 aliphatic heterocycles. The Morgan fingerprint density at radius 1 is 1.26 bits per heavy atom. The number of amidine groups is 1. The lowest BCUT2D eigenvalue weighted by Gasteiger charge is -2.32. The molecule has 34 heavy (non-hydrogen) atoms. The van der Waals surface area contributed by atoms with Crippen LogP contribution in [0.2, 0.25) is 0 Å². The van der Waals surface area contributed by atoms with Crippen molar-refractivity contribution >= 4 is 23.3 Å². The summed E-state index contributed by atoms with van der Waals surface area (Å²) in [5.41, 5.74) is 6.67. The summed E-state index contributed by atoms with van der Waals surface area (Å²) in [6.45, 7) is 3.55. The number of pyridine rings is 1. The van der Waals surface area contributed by atoms with Gasteiger partial charge in [-0.25, -0.2) is 14.4 Å². The van der Waals surface area contributed by atoms with Gasteiger partial charge in [0.15, 0.2) is 0 Å². The van der Waals surface area contributed by atoms with E-state index in [1.54, 1.807) is 17.7 Å². The number of nitrogens with zero attached hydrogens (tertiary/aromatic N) is 5. The van der Waals surface area contributed by atoms with Crippen molar-refractivity contribution < 1.29 is 14.0 Å². The van der Waals surface area contributed by atoms with E-state index in [1.165, 1.54) is 43.5 Å². The molecule has 0 aliphatic carbocycles. The minimum Gasteiger partial charge on any atom is -0.382 e. The number of hydrogen-bond acceptors (Lipinski definition) is 7. The second kappa shape index (κ2) is 8.74. The fourth-order valence-electron chi connectivity index (χ4n) is 3.76. The van der Waals surface area contributed by atoms with Gasteiger partial charge in [-0.05, 0) is 37.3 Å². The molecule has 0 spiro atoms. The van der Waals surface area contributed by atoms with E-state index in [0.717, 1.165) is 0 Å². The van der Waals surface area contributed by atoms with Crippen molar-refractivity contribution in [3.63, 3.8) is 0 Å². The van der Waals surface area contributed by atoms with Crippen LogP contribution in [-0.4, -0.2) is 32.2 Å². The number of nitrogens with one attached hydrogen (secondary N) is 2. The molecule has 2 amide bonds. The van der Waals surface area contributed by atoms with Crippen LogP contribution < -0.4 is 16.4 Å². The largest absolute Gasteiger partial charge is 0.382 e. The highest BCUT2D eigenvalue weighted by Crippen LogP contribution is 2.35. The Bertz CT molecular complexity index is 1360. The van der Waals surface area contributed by atoms with Crippen LogP contribution in [0.4, 0.5) is 10.1 Å². The number of carbonyl (C=O) groups excluding carboxylic acids is 2. The zero-order valence-electron chi connectivity index (χ0n) is 18.5. The highest BCUT2D eigenvalue weighted by molar-refractivity contribution is 6.03. The van der Waals surface area contributed by atoms with Gasteiger partial charge in [0, 0.05) is 24.4 Å². The summed E-state index contributed by atoms with van der Waals surface area (Å²) < 4.78 is 16.8. The van der Waals surface area contributed by atoms with Crippen LogP contribution >= 0.6 is 0 Å². The van der Waals surface area contributed by atoms with Crippen molar-refractivity contribution in [3.8, 4) is 6.07 Å². The number of halogens is 1. The number of hydrogen-bond donors (Lipinski definition) is 3. The lowest BCUT2D eigenvalue weighted by molar-refractivity contribution is -0.119. The van der Waals surface area contributed by atoms with Crippen LogP contribution in [0.3, 0.4) is 0 Å². The minimum absolute atomic E-state index is 0.113. The van der Waals surface area contributed by atoms with Crippen molar-refractivity contribution in [1.29, 1.82) is 5.26 Å². The molecule has 0 bridgehead atoms. The molecule has 11 heteroatoms. The molecule has 0 saturated carbocycles. The number of imidazole rings is 1. The molecule has 4 N–H and O–H groups in total. The van der Waals surface area contributed by atoms with Crippen molar-refractivity contribution in [2.45, 2.75) is 32.5 Å². The second-order valence-corrected chi connectivity index (χ2v) is 8.02. The molecule has 3 aromatic rings. The number of anilines is 1. The van der Waals surface area contributed by atoms with Crippen LogP contribution in [-0.2, 0) is 23.4 Å². The van der Waals surface area contributed by atoms with Gasteiger partial charge in [0.1, 0.15) is 40.5 Å². The third-order valence-electron chi connectivity index (χ3n) is 5.46. The van der Waals surface area contributed by atoms with Gasteiger partial charge in [-0.1, -0.05) is 0 Å². The lowest BCUT2D eigenvalue weighted by Crippen LogP contribution is -2.38. The van der Waals surface area contributed by atoms with Crippen LogP contribution in [0.15, 0.2) is 47.7 Å². The lowest BCUT2D eigenvalue weighted by atomic mass is 9.90. The number of nitriles is 1. The molecule has 2 aromatic heterocycles. The second-order valence-electron chi connectivity index (χ2n) is 8.02. The first-order chi connectivity index (χ1) is 16.2. The fraction of sp³-hybridized carbons (Fsp3) is 0.217. The minimum atomic E-state index is -1.10. The maximum absolute atomic E-state index is 15.0. The molecule has 1 aromatic carbocycles. The summed E-state index contributed by atoms with van der Waals surface area (Å²) in [5.74, 6) is -0.477. The first kappa shape index (κ1) is 22.6. The molecule has 172 valence electrons.